The highest BCUT2D eigenvalue weighted by atomic mass is 16.5. The molecule has 0 radical (unpaired) electrons. The van der Waals surface area contributed by atoms with E-state index in [-0.39, 0.29) is 35.7 Å². The van der Waals surface area contributed by atoms with E-state index in [4.69, 9.17) is 4.74 Å². The Kier molecular flexibility index (Phi) is 13.5. The highest BCUT2D eigenvalue weighted by Gasteiger charge is 2.39. The number of ether oxygens (including phenoxy) is 1. The summed E-state index contributed by atoms with van der Waals surface area (Å²) in [5.74, 6) is -0.699. The zero-order chi connectivity index (χ0) is 25.1. The van der Waals surface area contributed by atoms with Gasteiger partial charge in [-0.3, -0.25) is 9.59 Å². The number of amides is 2. The van der Waals surface area contributed by atoms with Crippen LogP contribution in [0.1, 0.15) is 81.1 Å². The van der Waals surface area contributed by atoms with Gasteiger partial charge >= 0.3 is 5.97 Å². The van der Waals surface area contributed by atoms with E-state index in [0.717, 1.165) is 12.8 Å². The number of nitrogens with zero attached hydrogens (tertiary/aromatic N) is 1. The van der Waals surface area contributed by atoms with Gasteiger partial charge in [-0.1, -0.05) is 60.5 Å². The van der Waals surface area contributed by atoms with Crippen LogP contribution < -0.4 is 10.6 Å². The molecule has 0 aromatic rings. The molecule has 32 heavy (non-hydrogen) atoms. The second-order valence-electron chi connectivity index (χ2n) is 9.28. The molecule has 0 saturated carbocycles. The summed E-state index contributed by atoms with van der Waals surface area (Å²) in [6.45, 7) is 15.7. The smallest absolute Gasteiger partial charge is 0.333 e. The fraction of sp³-hybridized carbons (Fsp3) is 0.800. The van der Waals surface area contributed by atoms with Gasteiger partial charge in [0.05, 0.1) is 18.2 Å². The van der Waals surface area contributed by atoms with Crippen molar-refractivity contribution in [2.75, 3.05) is 20.7 Å². The monoisotopic (exact) mass is 453 g/mol. The first-order valence-corrected chi connectivity index (χ1v) is 12.0. The van der Waals surface area contributed by atoms with Gasteiger partial charge in [-0.25, -0.2) is 4.79 Å². The van der Waals surface area contributed by atoms with Crippen molar-refractivity contribution in [2.45, 2.75) is 98.7 Å². The number of carbonyl (C=O) groups is 3. The second-order valence-corrected chi connectivity index (χ2v) is 9.28. The van der Waals surface area contributed by atoms with Gasteiger partial charge in [-0.15, -0.1) is 0 Å². The minimum Gasteiger partial charge on any atom is -0.463 e. The van der Waals surface area contributed by atoms with Crippen LogP contribution >= 0.6 is 0 Å². The molecule has 7 nitrogen and oxygen atoms in total. The molecule has 0 rings (SSSR count). The lowest BCUT2D eigenvalue weighted by molar-refractivity contribution is -0.140. The van der Waals surface area contributed by atoms with Crippen molar-refractivity contribution in [3.8, 4) is 0 Å². The van der Waals surface area contributed by atoms with Gasteiger partial charge in [0, 0.05) is 12.6 Å². The highest BCUT2D eigenvalue weighted by Crippen LogP contribution is 2.22. The fourth-order valence-corrected chi connectivity index (χ4v) is 4.05. The van der Waals surface area contributed by atoms with E-state index in [2.05, 4.69) is 24.5 Å². The average Bonchev–Trinajstić information content (AvgIpc) is 2.73. The lowest BCUT2D eigenvalue weighted by Gasteiger charge is -2.37. The van der Waals surface area contributed by atoms with Crippen LogP contribution in [0.4, 0.5) is 0 Å². The summed E-state index contributed by atoms with van der Waals surface area (Å²) in [5, 5.41) is 6.27. The zero-order valence-electron chi connectivity index (χ0n) is 22.0. The molecular weight excluding hydrogens is 406 g/mol. The minimum atomic E-state index is -0.687. The lowest BCUT2D eigenvalue weighted by atomic mass is 9.86. The molecule has 0 heterocycles. The Morgan fingerprint density at radius 3 is 1.91 bits per heavy atom. The first-order valence-electron chi connectivity index (χ1n) is 12.0. The first-order chi connectivity index (χ1) is 14.9. The number of hydrogen-bond donors (Lipinski definition) is 2. The lowest BCUT2D eigenvalue weighted by Crippen LogP contribution is -2.61. The van der Waals surface area contributed by atoms with Crippen LogP contribution in [0.3, 0.4) is 0 Å². The van der Waals surface area contributed by atoms with Crippen molar-refractivity contribution in [3.05, 3.63) is 11.6 Å². The van der Waals surface area contributed by atoms with Gasteiger partial charge in [-0.05, 0) is 45.6 Å². The predicted molar refractivity (Wildman–Crippen MR) is 130 cm³/mol. The summed E-state index contributed by atoms with van der Waals surface area (Å²) in [4.78, 5) is 40.6. The van der Waals surface area contributed by atoms with Crippen molar-refractivity contribution >= 4 is 17.8 Å². The molecule has 7 heteroatoms. The van der Waals surface area contributed by atoms with E-state index in [9.17, 15) is 14.4 Å². The van der Waals surface area contributed by atoms with Crippen molar-refractivity contribution in [2.24, 2.45) is 11.8 Å². The van der Waals surface area contributed by atoms with E-state index in [1.54, 1.807) is 38.9 Å². The maximum atomic E-state index is 13.5. The van der Waals surface area contributed by atoms with Crippen molar-refractivity contribution in [3.63, 3.8) is 0 Å². The predicted octanol–water partition coefficient (Wildman–Crippen LogP) is 3.68. The molecule has 0 aromatic heterocycles. The molecule has 0 aromatic carbocycles. The molecular formula is C25H47N3O4. The average molecular weight is 454 g/mol. The van der Waals surface area contributed by atoms with E-state index in [1.165, 1.54) is 0 Å². The van der Waals surface area contributed by atoms with E-state index < -0.39 is 11.6 Å². The van der Waals surface area contributed by atoms with Crippen LogP contribution in [0.15, 0.2) is 11.6 Å². The molecule has 0 spiro atoms. The van der Waals surface area contributed by atoms with Gasteiger partial charge in [0.2, 0.25) is 11.8 Å². The highest BCUT2D eigenvalue weighted by molar-refractivity contribution is 5.92. The molecule has 0 aliphatic carbocycles. The molecule has 0 bridgehead atoms. The van der Waals surface area contributed by atoms with E-state index >= 15 is 0 Å². The molecule has 0 saturated heterocycles. The van der Waals surface area contributed by atoms with Crippen LogP contribution in [0.2, 0.25) is 0 Å². The molecule has 186 valence electrons. The van der Waals surface area contributed by atoms with E-state index in [1.807, 2.05) is 27.7 Å². The maximum absolute atomic E-state index is 13.5. The van der Waals surface area contributed by atoms with Crippen LogP contribution in [-0.4, -0.2) is 61.0 Å². The van der Waals surface area contributed by atoms with Crippen molar-refractivity contribution in [1.29, 1.82) is 0 Å². The molecule has 0 unspecified atom stereocenters. The first kappa shape index (κ1) is 30.1. The third-order valence-electron chi connectivity index (χ3n) is 5.98. The third-order valence-corrected chi connectivity index (χ3v) is 5.98. The normalized spacial score (nSPS) is 14.3. The largest absolute Gasteiger partial charge is 0.463 e. The van der Waals surface area contributed by atoms with Crippen molar-refractivity contribution < 1.29 is 19.1 Å². The summed E-state index contributed by atoms with van der Waals surface area (Å²) < 4.78 is 5.08. The number of rotatable bonds is 14. The van der Waals surface area contributed by atoms with Crippen LogP contribution in [0.5, 0.6) is 0 Å². The molecule has 0 aliphatic rings. The van der Waals surface area contributed by atoms with Gasteiger partial charge < -0.3 is 20.3 Å². The van der Waals surface area contributed by atoms with Crippen LogP contribution in [0.25, 0.3) is 0 Å². The number of likely N-dealkylation sites (N-methyl/N-ethyl adjacent to an activating group) is 2. The summed E-state index contributed by atoms with van der Waals surface area (Å²) in [6.07, 6.45) is 4.91. The van der Waals surface area contributed by atoms with E-state index in [0.29, 0.717) is 25.0 Å². The Morgan fingerprint density at radius 1 is 1.00 bits per heavy atom. The second kappa shape index (κ2) is 14.3. The SMILES string of the molecule is CCCC(CCC)(NC)C(=O)N[C@H](C(=O)N(C)[C@H](C=C(C)C(=O)OCC)C(C)C)C(C)C. The number of esters is 1. The van der Waals surface area contributed by atoms with Gasteiger partial charge in [0.1, 0.15) is 6.04 Å². The molecule has 0 fully saturated rings. The molecule has 2 amide bonds. The third kappa shape index (κ3) is 8.23. The summed E-state index contributed by atoms with van der Waals surface area (Å²) >= 11 is 0. The molecule has 0 aliphatic heterocycles. The Bertz CT molecular complexity index is 637. The maximum Gasteiger partial charge on any atom is 0.333 e. The summed E-state index contributed by atoms with van der Waals surface area (Å²) in [7, 11) is 3.54. The Hall–Kier alpha value is -1.89. The number of nitrogens with one attached hydrogen (secondary N) is 2. The summed E-state index contributed by atoms with van der Waals surface area (Å²) in [5.41, 5.74) is -0.219. The van der Waals surface area contributed by atoms with Crippen molar-refractivity contribution in [1.82, 2.24) is 15.5 Å². The number of hydrogen-bond acceptors (Lipinski definition) is 5. The van der Waals surface area contributed by atoms with Crippen LogP contribution in [0, 0.1) is 11.8 Å². The Morgan fingerprint density at radius 2 is 1.53 bits per heavy atom. The fourth-order valence-electron chi connectivity index (χ4n) is 4.05. The summed E-state index contributed by atoms with van der Waals surface area (Å²) in [6, 6.07) is -0.961. The van der Waals surface area contributed by atoms with Gasteiger partial charge in [0.25, 0.3) is 0 Å². The molecule has 2 atom stereocenters. The Labute approximate surface area is 195 Å². The Balaban J connectivity index is 5.85. The topological polar surface area (TPSA) is 87.7 Å². The molecule has 2 N–H and O–H groups in total. The number of carbonyl (C=O) groups excluding carboxylic acids is 3. The van der Waals surface area contributed by atoms with Gasteiger partial charge in [0.15, 0.2) is 0 Å². The van der Waals surface area contributed by atoms with Gasteiger partial charge in [-0.2, -0.15) is 0 Å². The minimum absolute atomic E-state index is 0.0772. The zero-order valence-corrected chi connectivity index (χ0v) is 22.0. The standard InChI is InChI=1S/C25H47N3O4/c1-11-14-25(26-9,15-12-2)24(31)27-21(18(6)7)22(29)28(10)20(17(4)5)16-19(8)23(30)32-13-3/h16-18,20-21,26H,11-15H2,1-10H3,(H,27,31)/t20-,21+/m1/s1. The quantitative estimate of drug-likeness (QED) is 0.309. The van der Waals surface area contributed by atoms with Crippen LogP contribution in [-0.2, 0) is 19.1 Å².